The number of aromatic nitrogens is 2. The Morgan fingerprint density at radius 2 is 2.09 bits per heavy atom. The molecule has 1 aliphatic heterocycles. The molecule has 2 aliphatic rings. The predicted octanol–water partition coefficient (Wildman–Crippen LogP) is 2.76. The van der Waals surface area contributed by atoms with E-state index in [1.807, 2.05) is 12.1 Å². The van der Waals surface area contributed by atoms with Gasteiger partial charge < -0.3 is 10.1 Å². The second-order valence-corrected chi connectivity index (χ2v) is 7.12. The summed E-state index contributed by atoms with van der Waals surface area (Å²) in [7, 11) is 0. The lowest BCUT2D eigenvalue weighted by atomic mass is 9.95. The van der Waals surface area contributed by atoms with E-state index in [0.29, 0.717) is 19.0 Å². The van der Waals surface area contributed by atoms with Crippen molar-refractivity contribution in [3.8, 4) is 0 Å². The van der Waals surface area contributed by atoms with Crippen LogP contribution in [0.25, 0.3) is 0 Å². The van der Waals surface area contributed by atoms with Crippen molar-refractivity contribution >= 4 is 34.3 Å². The van der Waals surface area contributed by atoms with Gasteiger partial charge in [-0.25, -0.2) is 0 Å². The molecule has 1 saturated carbocycles. The van der Waals surface area contributed by atoms with Crippen LogP contribution in [0.15, 0.2) is 24.3 Å². The number of hydrogen-bond acceptors (Lipinski definition) is 3. The molecule has 1 aromatic carbocycles. The number of benzene rings is 1. The van der Waals surface area contributed by atoms with E-state index in [0.717, 1.165) is 36.1 Å². The summed E-state index contributed by atoms with van der Waals surface area (Å²) in [5, 5.41) is 10.3. The van der Waals surface area contributed by atoms with Gasteiger partial charge in [0.05, 0.1) is 18.6 Å². The van der Waals surface area contributed by atoms with Crippen LogP contribution in [-0.4, -0.2) is 22.7 Å². The van der Waals surface area contributed by atoms with Crippen molar-refractivity contribution in [2.24, 2.45) is 0 Å². The summed E-state index contributed by atoms with van der Waals surface area (Å²) in [6, 6.07) is 8.20. The smallest absolute Gasteiger partial charge is 0.236 e. The summed E-state index contributed by atoms with van der Waals surface area (Å²) in [5.41, 5.74) is 2.76. The molecular weight excluding hydrogens is 393 g/mol. The molecule has 0 atom stereocenters. The standard InChI is InChI=1S/C16H16IN3O2/c17-11-3-1-10(2-4-11)16(6-7-16)15(21)18-14-12-9-22-8-5-13(12)19-20-14/h1-4H,5-9H2,(H2,18,19,20,21). The molecule has 2 heterocycles. The number of fused-ring (bicyclic) bond motifs is 1. The van der Waals surface area contributed by atoms with Crippen LogP contribution >= 0.6 is 22.6 Å². The maximum absolute atomic E-state index is 12.8. The number of anilines is 1. The Labute approximate surface area is 142 Å². The number of hydrogen-bond donors (Lipinski definition) is 2. The minimum atomic E-state index is -0.383. The number of H-pyrrole nitrogens is 1. The maximum atomic E-state index is 12.8. The maximum Gasteiger partial charge on any atom is 0.236 e. The van der Waals surface area contributed by atoms with Gasteiger partial charge in [-0.2, -0.15) is 5.10 Å². The van der Waals surface area contributed by atoms with Gasteiger partial charge in [-0.15, -0.1) is 0 Å². The fourth-order valence-electron chi connectivity index (χ4n) is 2.98. The van der Waals surface area contributed by atoms with E-state index < -0.39 is 0 Å². The molecule has 2 N–H and O–H groups in total. The van der Waals surface area contributed by atoms with Gasteiger partial charge in [-0.1, -0.05) is 12.1 Å². The summed E-state index contributed by atoms with van der Waals surface area (Å²) < 4.78 is 6.64. The molecule has 1 amide bonds. The number of carbonyl (C=O) groups excluding carboxylic acids is 1. The first-order valence-electron chi connectivity index (χ1n) is 7.40. The molecule has 0 bridgehead atoms. The molecular formula is C16H16IN3O2. The Morgan fingerprint density at radius 1 is 1.32 bits per heavy atom. The Hall–Kier alpha value is -1.41. The first kappa shape index (κ1) is 14.2. The van der Waals surface area contributed by atoms with Gasteiger partial charge in [0.1, 0.15) is 0 Å². The van der Waals surface area contributed by atoms with Crippen molar-refractivity contribution in [3.63, 3.8) is 0 Å². The second kappa shape index (κ2) is 5.34. The lowest BCUT2D eigenvalue weighted by molar-refractivity contribution is -0.118. The summed E-state index contributed by atoms with van der Waals surface area (Å²) in [4.78, 5) is 12.8. The third-order valence-corrected chi connectivity index (χ3v) is 5.23. The summed E-state index contributed by atoms with van der Waals surface area (Å²) in [6.45, 7) is 1.22. The van der Waals surface area contributed by atoms with Crippen LogP contribution in [0.1, 0.15) is 29.7 Å². The Kier molecular flexibility index (Phi) is 3.45. The average molecular weight is 409 g/mol. The lowest BCUT2D eigenvalue weighted by Gasteiger charge is -2.17. The highest BCUT2D eigenvalue weighted by atomic mass is 127. The summed E-state index contributed by atoms with van der Waals surface area (Å²) in [6.07, 6.45) is 2.60. The van der Waals surface area contributed by atoms with Gasteiger partial charge in [0.25, 0.3) is 0 Å². The monoisotopic (exact) mass is 409 g/mol. The zero-order valence-electron chi connectivity index (χ0n) is 12.0. The quantitative estimate of drug-likeness (QED) is 0.767. The van der Waals surface area contributed by atoms with E-state index in [1.54, 1.807) is 0 Å². The third kappa shape index (κ3) is 2.34. The Bertz CT molecular complexity index is 719. The van der Waals surface area contributed by atoms with Crippen molar-refractivity contribution < 1.29 is 9.53 Å². The second-order valence-electron chi connectivity index (χ2n) is 5.88. The van der Waals surface area contributed by atoms with E-state index >= 15 is 0 Å². The molecule has 1 fully saturated rings. The van der Waals surface area contributed by atoms with E-state index in [9.17, 15) is 4.79 Å². The fraction of sp³-hybridized carbons (Fsp3) is 0.375. The third-order valence-electron chi connectivity index (χ3n) is 4.51. The molecule has 0 spiro atoms. The largest absolute Gasteiger partial charge is 0.376 e. The molecule has 0 radical (unpaired) electrons. The zero-order chi connectivity index (χ0) is 15.2. The molecule has 1 aliphatic carbocycles. The van der Waals surface area contributed by atoms with Crippen molar-refractivity contribution in [2.75, 3.05) is 11.9 Å². The van der Waals surface area contributed by atoms with Crippen molar-refractivity contribution in [1.29, 1.82) is 0 Å². The zero-order valence-corrected chi connectivity index (χ0v) is 14.1. The van der Waals surface area contributed by atoms with E-state index in [4.69, 9.17) is 4.74 Å². The van der Waals surface area contributed by atoms with E-state index in [-0.39, 0.29) is 11.3 Å². The Balaban J connectivity index is 1.57. The topological polar surface area (TPSA) is 67.0 Å². The number of aromatic amines is 1. The number of carbonyl (C=O) groups is 1. The van der Waals surface area contributed by atoms with Crippen molar-refractivity contribution in [3.05, 3.63) is 44.7 Å². The van der Waals surface area contributed by atoms with Gasteiger partial charge >= 0.3 is 0 Å². The van der Waals surface area contributed by atoms with Crippen LogP contribution in [0.2, 0.25) is 0 Å². The highest BCUT2D eigenvalue weighted by molar-refractivity contribution is 14.1. The molecule has 0 saturated heterocycles. The van der Waals surface area contributed by atoms with Gasteiger partial charge in [0, 0.05) is 21.2 Å². The highest BCUT2D eigenvalue weighted by Gasteiger charge is 2.51. The van der Waals surface area contributed by atoms with E-state index in [2.05, 4.69) is 50.2 Å². The molecule has 22 heavy (non-hydrogen) atoms. The molecule has 5 nitrogen and oxygen atoms in total. The summed E-state index contributed by atoms with van der Waals surface area (Å²) >= 11 is 2.28. The van der Waals surface area contributed by atoms with Crippen LogP contribution in [-0.2, 0) is 28.0 Å². The van der Waals surface area contributed by atoms with Gasteiger partial charge in [-0.3, -0.25) is 9.89 Å². The minimum Gasteiger partial charge on any atom is -0.376 e. The number of rotatable bonds is 3. The molecule has 114 valence electrons. The Morgan fingerprint density at radius 3 is 2.82 bits per heavy atom. The van der Waals surface area contributed by atoms with Crippen molar-refractivity contribution in [2.45, 2.75) is 31.3 Å². The number of nitrogens with one attached hydrogen (secondary N) is 2. The number of ether oxygens (including phenoxy) is 1. The molecule has 2 aromatic rings. The highest BCUT2D eigenvalue weighted by Crippen LogP contribution is 2.49. The average Bonchev–Trinajstić information content (AvgIpc) is 3.26. The summed E-state index contributed by atoms with van der Waals surface area (Å²) in [5.74, 6) is 0.657. The molecule has 1 aromatic heterocycles. The number of amides is 1. The SMILES string of the molecule is O=C(Nc1n[nH]c2c1COCC2)C1(c2ccc(I)cc2)CC1. The fourth-order valence-corrected chi connectivity index (χ4v) is 3.34. The lowest BCUT2D eigenvalue weighted by Crippen LogP contribution is -2.28. The number of halogens is 1. The molecule has 4 rings (SSSR count). The van der Waals surface area contributed by atoms with E-state index in [1.165, 1.54) is 3.57 Å². The predicted molar refractivity (Wildman–Crippen MR) is 90.6 cm³/mol. The van der Waals surface area contributed by atoms with Crippen LogP contribution in [0.3, 0.4) is 0 Å². The first-order valence-corrected chi connectivity index (χ1v) is 8.48. The minimum absolute atomic E-state index is 0.0357. The molecule has 6 heteroatoms. The molecule has 0 unspecified atom stereocenters. The van der Waals surface area contributed by atoms with Gasteiger partial charge in [0.15, 0.2) is 5.82 Å². The van der Waals surface area contributed by atoms with Crippen LogP contribution < -0.4 is 5.32 Å². The van der Waals surface area contributed by atoms with Crippen LogP contribution in [0, 0.1) is 3.57 Å². The van der Waals surface area contributed by atoms with Crippen molar-refractivity contribution in [1.82, 2.24) is 10.2 Å². The van der Waals surface area contributed by atoms with Gasteiger partial charge in [0.2, 0.25) is 5.91 Å². The van der Waals surface area contributed by atoms with Crippen LogP contribution in [0.5, 0.6) is 0 Å². The first-order chi connectivity index (χ1) is 10.7. The van der Waals surface area contributed by atoms with Gasteiger partial charge in [-0.05, 0) is 53.1 Å². The normalized spacial score (nSPS) is 18.6. The van der Waals surface area contributed by atoms with Crippen LogP contribution in [0.4, 0.5) is 5.82 Å². The number of nitrogens with zero attached hydrogens (tertiary/aromatic N) is 1.